The predicted molar refractivity (Wildman–Crippen MR) is 167 cm³/mol. The Hall–Kier alpha value is -3.10. The van der Waals surface area contributed by atoms with Gasteiger partial charge in [-0.3, -0.25) is 4.90 Å². The topological polar surface area (TPSA) is 27.7 Å². The Bertz CT molecular complexity index is 1390. The first-order valence-electron chi connectivity index (χ1n) is 16.1. The summed E-state index contributed by atoms with van der Waals surface area (Å²) in [6, 6.07) is 17.1. The maximum atomic E-state index is 16.1. The molecule has 0 aliphatic carbocycles. The van der Waals surface area contributed by atoms with E-state index in [1.807, 2.05) is 36.4 Å². The van der Waals surface area contributed by atoms with Crippen LogP contribution in [0.15, 0.2) is 60.7 Å². The van der Waals surface area contributed by atoms with Crippen molar-refractivity contribution in [3.8, 4) is 5.75 Å². The number of anilines is 1. The number of ether oxygens (including phenoxy) is 1. The van der Waals surface area contributed by atoms with E-state index in [0.29, 0.717) is 35.4 Å². The molecule has 0 radical (unpaired) electrons. The van der Waals surface area contributed by atoms with Crippen molar-refractivity contribution >= 4 is 5.69 Å². The van der Waals surface area contributed by atoms with Gasteiger partial charge in [-0.05, 0) is 104 Å². The van der Waals surface area contributed by atoms with Gasteiger partial charge in [-0.25, -0.2) is 17.6 Å². The average molecular weight is 610 g/mol. The second-order valence-corrected chi connectivity index (χ2v) is 13.1. The van der Waals surface area contributed by atoms with Crippen molar-refractivity contribution in [2.45, 2.75) is 70.4 Å². The zero-order chi connectivity index (χ0) is 30.7. The lowest BCUT2D eigenvalue weighted by molar-refractivity contribution is -0.0245. The highest BCUT2D eigenvalue weighted by Crippen LogP contribution is 2.44. The van der Waals surface area contributed by atoms with Crippen molar-refractivity contribution in [3.63, 3.8) is 0 Å². The van der Waals surface area contributed by atoms with Gasteiger partial charge in [-0.2, -0.15) is 0 Å². The van der Waals surface area contributed by atoms with E-state index in [1.54, 1.807) is 12.1 Å². The molecule has 6 rings (SSSR count). The second kappa shape index (κ2) is 13.1. The molecule has 3 aromatic rings. The van der Waals surface area contributed by atoms with Crippen LogP contribution in [-0.4, -0.2) is 50.1 Å². The quantitative estimate of drug-likeness (QED) is 0.276. The van der Waals surface area contributed by atoms with E-state index < -0.39 is 30.1 Å². The maximum Gasteiger partial charge on any atom is 0.257 e. The summed E-state index contributed by atoms with van der Waals surface area (Å²) in [4.78, 5) is 3.60. The number of benzene rings is 3. The molecule has 0 amide bonds. The molecule has 3 aliphatic heterocycles. The lowest BCUT2D eigenvalue weighted by Gasteiger charge is -2.44. The van der Waals surface area contributed by atoms with Gasteiger partial charge in [0, 0.05) is 37.8 Å². The number of rotatable bonds is 7. The van der Waals surface area contributed by atoms with Crippen molar-refractivity contribution in [2.24, 2.45) is 5.41 Å². The number of hydrogen-bond donors (Lipinski definition) is 1. The summed E-state index contributed by atoms with van der Waals surface area (Å²) in [7, 11) is 0. The van der Waals surface area contributed by atoms with Crippen molar-refractivity contribution in [2.75, 3.05) is 44.2 Å². The van der Waals surface area contributed by atoms with Gasteiger partial charge in [0.2, 0.25) is 0 Å². The first kappa shape index (κ1) is 30.9. The third kappa shape index (κ3) is 7.07. The van der Waals surface area contributed by atoms with Gasteiger partial charge >= 0.3 is 0 Å². The molecule has 1 spiro atoms. The van der Waals surface area contributed by atoms with Gasteiger partial charge in [-0.15, -0.1) is 0 Å². The van der Waals surface area contributed by atoms with Crippen LogP contribution in [0.4, 0.5) is 23.2 Å². The number of halogens is 4. The molecule has 2 fully saturated rings. The minimum Gasteiger partial charge on any atom is -0.489 e. The van der Waals surface area contributed by atoms with Crippen molar-refractivity contribution < 1.29 is 22.3 Å². The minimum absolute atomic E-state index is 0.169. The molecular formula is C36H43F4N3O. The fourth-order valence-electron chi connectivity index (χ4n) is 7.53. The molecule has 1 atom stereocenters. The summed E-state index contributed by atoms with van der Waals surface area (Å²) in [5.41, 5.74) is 3.19. The molecule has 1 N–H and O–H groups in total. The van der Waals surface area contributed by atoms with Crippen molar-refractivity contribution in [3.05, 3.63) is 94.6 Å². The number of nitrogens with one attached hydrogen (secondary N) is 1. The first-order valence-corrected chi connectivity index (χ1v) is 16.1. The minimum atomic E-state index is -3.02. The molecule has 0 bridgehead atoms. The molecule has 4 nitrogen and oxygen atoms in total. The van der Waals surface area contributed by atoms with Crippen LogP contribution in [0, 0.1) is 17.0 Å². The summed E-state index contributed by atoms with van der Waals surface area (Å²) < 4.78 is 66.8. The Kier molecular flexibility index (Phi) is 9.20. The molecule has 0 aromatic heterocycles. The highest BCUT2D eigenvalue weighted by atomic mass is 19.3. The van der Waals surface area contributed by atoms with Crippen LogP contribution in [-0.2, 0) is 13.0 Å². The number of hydrogen-bond acceptors (Lipinski definition) is 4. The normalized spacial score (nSPS) is 21.0. The molecule has 0 saturated carbocycles. The van der Waals surface area contributed by atoms with Crippen LogP contribution < -0.4 is 15.0 Å². The van der Waals surface area contributed by atoms with Crippen LogP contribution in [0.3, 0.4) is 0 Å². The molecule has 8 heteroatoms. The number of alkyl halides is 2. The molecule has 1 unspecified atom stereocenters. The van der Waals surface area contributed by atoms with E-state index in [1.165, 1.54) is 29.9 Å². The SMILES string of the molecule is CC(F)(F)CN1CCc2cc(OCc3ccccc3)ccc2C1c1c(F)cc(N2CCC3(CCCNCCC3)CC2)cc1F. The molecule has 2 saturated heterocycles. The maximum absolute atomic E-state index is 16.1. The van der Waals surface area contributed by atoms with Crippen LogP contribution in [0.5, 0.6) is 5.75 Å². The van der Waals surface area contributed by atoms with Crippen LogP contribution in [0.25, 0.3) is 0 Å². The van der Waals surface area contributed by atoms with E-state index in [0.717, 1.165) is 69.9 Å². The van der Waals surface area contributed by atoms with E-state index >= 15 is 8.78 Å². The van der Waals surface area contributed by atoms with Gasteiger partial charge in [0.25, 0.3) is 5.92 Å². The van der Waals surface area contributed by atoms with E-state index in [4.69, 9.17) is 4.74 Å². The fourth-order valence-corrected chi connectivity index (χ4v) is 7.53. The van der Waals surface area contributed by atoms with Crippen molar-refractivity contribution in [1.82, 2.24) is 10.2 Å². The van der Waals surface area contributed by atoms with Crippen LogP contribution in [0.1, 0.15) is 73.7 Å². The monoisotopic (exact) mass is 609 g/mol. The summed E-state index contributed by atoms with van der Waals surface area (Å²) >= 11 is 0. The Morgan fingerprint density at radius 2 is 1.57 bits per heavy atom. The molecule has 3 heterocycles. The van der Waals surface area contributed by atoms with E-state index in [-0.39, 0.29) is 12.1 Å². The predicted octanol–water partition coefficient (Wildman–Crippen LogP) is 7.90. The lowest BCUT2D eigenvalue weighted by Crippen LogP contribution is -2.43. The number of piperidine rings is 1. The van der Waals surface area contributed by atoms with Gasteiger partial charge in [-0.1, -0.05) is 36.4 Å². The van der Waals surface area contributed by atoms with Crippen LogP contribution >= 0.6 is 0 Å². The standard InChI is InChI=1S/C36H43F4N3O/c1-35(39,40)25-43-18-11-27-21-29(44-24-26-7-3-2-4-8-26)9-10-30(27)34(43)33-31(37)22-28(23-32(33)38)42-19-14-36(15-20-42)12-5-16-41-17-6-13-36/h2-4,7-10,21-23,34,41H,5-6,11-20,24-25H2,1H3. The summed E-state index contributed by atoms with van der Waals surface area (Å²) in [5.74, 6) is -3.76. The second-order valence-electron chi connectivity index (χ2n) is 13.1. The molecular weight excluding hydrogens is 566 g/mol. The smallest absolute Gasteiger partial charge is 0.257 e. The summed E-state index contributed by atoms with van der Waals surface area (Å²) in [5, 5.41) is 3.48. The largest absolute Gasteiger partial charge is 0.489 e. The van der Waals surface area contributed by atoms with Crippen LogP contribution in [0.2, 0.25) is 0 Å². The fraction of sp³-hybridized carbons (Fsp3) is 0.500. The lowest BCUT2D eigenvalue weighted by atomic mass is 9.71. The highest BCUT2D eigenvalue weighted by Gasteiger charge is 2.39. The Morgan fingerprint density at radius 3 is 2.23 bits per heavy atom. The van der Waals surface area contributed by atoms with E-state index in [2.05, 4.69) is 10.2 Å². The zero-order valence-electron chi connectivity index (χ0n) is 25.6. The number of fused-ring (bicyclic) bond motifs is 1. The third-order valence-corrected chi connectivity index (χ3v) is 9.82. The molecule has 3 aromatic carbocycles. The Labute approximate surface area is 258 Å². The summed E-state index contributed by atoms with van der Waals surface area (Å²) in [6.45, 7) is 4.53. The average Bonchev–Trinajstić information content (AvgIpc) is 2.99. The summed E-state index contributed by atoms with van der Waals surface area (Å²) in [6.07, 6.45) is 7.21. The van der Waals surface area contributed by atoms with E-state index in [9.17, 15) is 8.78 Å². The van der Waals surface area contributed by atoms with Gasteiger partial charge in [0.1, 0.15) is 24.0 Å². The van der Waals surface area contributed by atoms with Crippen molar-refractivity contribution in [1.29, 1.82) is 0 Å². The highest BCUT2D eigenvalue weighted by molar-refractivity contribution is 5.52. The molecule has 44 heavy (non-hydrogen) atoms. The Balaban J connectivity index is 1.25. The number of nitrogens with zero attached hydrogens (tertiary/aromatic N) is 2. The third-order valence-electron chi connectivity index (χ3n) is 9.82. The molecule has 3 aliphatic rings. The first-order chi connectivity index (χ1) is 21.2. The van der Waals surface area contributed by atoms with Gasteiger partial charge in [0.15, 0.2) is 0 Å². The molecule has 236 valence electrons. The zero-order valence-corrected chi connectivity index (χ0v) is 25.6. The van der Waals surface area contributed by atoms with Gasteiger partial charge in [0.05, 0.1) is 12.6 Å². The Morgan fingerprint density at radius 1 is 0.886 bits per heavy atom. The van der Waals surface area contributed by atoms with Gasteiger partial charge < -0.3 is 15.0 Å².